The van der Waals surface area contributed by atoms with Crippen LogP contribution < -0.4 is 5.32 Å². The number of rotatable bonds is 6. The summed E-state index contributed by atoms with van der Waals surface area (Å²) in [4.78, 5) is 17.5. The van der Waals surface area contributed by atoms with Crippen LogP contribution in [0.4, 0.5) is 0 Å². The number of para-hydroxylation sites is 1. The number of hydrogen-bond acceptors (Lipinski definition) is 5. The zero-order valence-corrected chi connectivity index (χ0v) is 18.1. The van der Waals surface area contributed by atoms with E-state index < -0.39 is 0 Å². The normalized spacial score (nSPS) is 11.4. The maximum Gasteiger partial charge on any atom is 0.287 e. The van der Waals surface area contributed by atoms with E-state index in [1.165, 1.54) is 4.21 Å². The van der Waals surface area contributed by atoms with E-state index in [1.54, 1.807) is 35.4 Å². The molecule has 0 aliphatic carbocycles. The van der Waals surface area contributed by atoms with E-state index >= 15 is 0 Å². The Hall–Kier alpha value is -2.74. The minimum atomic E-state index is -0.247. The molecule has 4 heterocycles. The number of thioether (sulfide) groups is 1. The number of thiophene rings is 1. The summed E-state index contributed by atoms with van der Waals surface area (Å²) in [6.07, 6.45) is 3.64. The van der Waals surface area contributed by atoms with Gasteiger partial charge in [-0.15, -0.1) is 23.1 Å². The van der Waals surface area contributed by atoms with Gasteiger partial charge in [-0.1, -0.05) is 35.9 Å². The first-order chi connectivity index (χ1) is 14.7. The van der Waals surface area contributed by atoms with E-state index in [9.17, 15) is 4.79 Å². The summed E-state index contributed by atoms with van der Waals surface area (Å²) in [5.74, 6) is 0.766. The van der Waals surface area contributed by atoms with Gasteiger partial charge in [-0.3, -0.25) is 4.79 Å². The van der Waals surface area contributed by atoms with Crippen LogP contribution in [0.2, 0.25) is 5.02 Å². The number of amides is 1. The highest BCUT2D eigenvalue weighted by atomic mass is 35.5. The Morgan fingerprint density at radius 3 is 2.93 bits per heavy atom. The maximum atomic E-state index is 13.0. The molecule has 0 unspecified atom stereocenters. The lowest BCUT2D eigenvalue weighted by Gasteiger charge is -2.04. The van der Waals surface area contributed by atoms with E-state index in [1.807, 2.05) is 52.4 Å². The van der Waals surface area contributed by atoms with Crippen molar-refractivity contribution in [2.75, 3.05) is 0 Å². The molecule has 0 fully saturated rings. The second-order valence-corrected chi connectivity index (χ2v) is 9.31. The van der Waals surface area contributed by atoms with E-state index in [2.05, 4.69) is 16.4 Å². The van der Waals surface area contributed by atoms with Gasteiger partial charge in [-0.25, -0.2) is 4.98 Å². The summed E-state index contributed by atoms with van der Waals surface area (Å²) in [5, 5.41) is 6.58. The Morgan fingerprint density at radius 2 is 2.07 bits per heavy atom. The highest BCUT2D eigenvalue weighted by Crippen LogP contribution is 2.33. The monoisotopic (exact) mass is 453 g/mol. The Kier molecular flexibility index (Phi) is 5.25. The molecule has 0 atom stereocenters. The first kappa shape index (κ1) is 19.2. The van der Waals surface area contributed by atoms with Gasteiger partial charge in [0, 0.05) is 29.1 Å². The van der Waals surface area contributed by atoms with Crippen LogP contribution in [0.3, 0.4) is 0 Å². The highest BCUT2D eigenvalue weighted by Gasteiger charge is 2.21. The summed E-state index contributed by atoms with van der Waals surface area (Å²) in [6, 6.07) is 15.5. The molecule has 5 aromatic rings. The molecule has 0 spiro atoms. The number of nitrogens with one attached hydrogen (secondary N) is 1. The van der Waals surface area contributed by atoms with E-state index in [0.29, 0.717) is 28.7 Å². The van der Waals surface area contributed by atoms with Gasteiger partial charge in [0.05, 0.1) is 21.5 Å². The van der Waals surface area contributed by atoms with Gasteiger partial charge >= 0.3 is 0 Å². The molecule has 1 amide bonds. The summed E-state index contributed by atoms with van der Waals surface area (Å²) in [6.45, 7) is 0.298. The number of aromatic nitrogens is 2. The standard InChI is InChI=1S/C22H16ClN3O2S2/c23-14-7-8-19-25-15(12-26(19)11-14)10-24-22(27)21-17(13-30-20-6-3-9-29-20)16-4-1-2-5-18(16)28-21/h1-9,11-12H,10,13H2,(H,24,27). The second kappa shape index (κ2) is 8.18. The van der Waals surface area contributed by atoms with Crippen LogP contribution in [0.15, 0.2) is 74.9 Å². The average Bonchev–Trinajstić information content (AvgIpc) is 3.48. The number of furan rings is 1. The maximum absolute atomic E-state index is 13.0. The molecule has 0 bridgehead atoms. The van der Waals surface area contributed by atoms with Crippen molar-refractivity contribution in [1.82, 2.24) is 14.7 Å². The Labute approximate surface area is 185 Å². The number of imidazole rings is 1. The van der Waals surface area contributed by atoms with Gasteiger partial charge in [0.25, 0.3) is 5.91 Å². The molecule has 30 heavy (non-hydrogen) atoms. The first-order valence-electron chi connectivity index (χ1n) is 9.25. The zero-order valence-electron chi connectivity index (χ0n) is 15.7. The third kappa shape index (κ3) is 3.84. The molecule has 5 rings (SSSR count). The minimum Gasteiger partial charge on any atom is -0.451 e. The molecule has 8 heteroatoms. The Morgan fingerprint density at radius 1 is 1.17 bits per heavy atom. The van der Waals surface area contributed by atoms with Crippen molar-refractivity contribution in [3.8, 4) is 0 Å². The fourth-order valence-corrected chi connectivity index (χ4v) is 5.25. The van der Waals surface area contributed by atoms with Gasteiger partial charge < -0.3 is 14.1 Å². The number of carbonyl (C=O) groups is 1. The van der Waals surface area contributed by atoms with Gasteiger partial charge in [-0.05, 0) is 29.6 Å². The van der Waals surface area contributed by atoms with Gasteiger partial charge in [0.2, 0.25) is 0 Å². The average molecular weight is 454 g/mol. The van der Waals surface area contributed by atoms with E-state index in [-0.39, 0.29) is 5.91 Å². The van der Waals surface area contributed by atoms with Gasteiger partial charge in [0.15, 0.2) is 5.76 Å². The lowest BCUT2D eigenvalue weighted by atomic mass is 10.1. The molecule has 0 saturated heterocycles. The molecular formula is C22H16ClN3O2S2. The quantitative estimate of drug-likeness (QED) is 0.319. The van der Waals surface area contributed by atoms with Gasteiger partial charge in [0.1, 0.15) is 11.2 Å². The predicted molar refractivity (Wildman–Crippen MR) is 121 cm³/mol. The first-order valence-corrected chi connectivity index (χ1v) is 11.5. The molecule has 150 valence electrons. The molecular weight excluding hydrogens is 438 g/mol. The molecule has 5 nitrogen and oxygen atoms in total. The Bertz CT molecular complexity index is 1340. The predicted octanol–water partition coefficient (Wildman–Crippen LogP) is 6.02. The van der Waals surface area contributed by atoms with E-state index in [4.69, 9.17) is 16.0 Å². The summed E-state index contributed by atoms with van der Waals surface area (Å²) in [7, 11) is 0. The van der Waals surface area contributed by atoms with Crippen molar-refractivity contribution < 1.29 is 9.21 Å². The molecule has 4 aromatic heterocycles. The smallest absolute Gasteiger partial charge is 0.287 e. The third-order valence-electron chi connectivity index (χ3n) is 4.65. The largest absolute Gasteiger partial charge is 0.451 e. The van der Waals surface area contributed by atoms with Crippen LogP contribution in [-0.2, 0) is 12.3 Å². The molecule has 1 aromatic carbocycles. The van der Waals surface area contributed by atoms with Crippen molar-refractivity contribution in [3.63, 3.8) is 0 Å². The van der Waals surface area contributed by atoms with Gasteiger partial charge in [-0.2, -0.15) is 0 Å². The number of nitrogens with zero attached hydrogens (tertiary/aromatic N) is 2. The SMILES string of the molecule is O=C(NCc1cn2cc(Cl)ccc2n1)c1oc2ccccc2c1CSc1cccs1. The number of pyridine rings is 1. The minimum absolute atomic E-state index is 0.247. The number of benzene rings is 1. The lowest BCUT2D eigenvalue weighted by molar-refractivity contribution is 0.0924. The fourth-order valence-electron chi connectivity index (χ4n) is 3.27. The van der Waals surface area contributed by atoms with Crippen LogP contribution in [0, 0.1) is 0 Å². The van der Waals surface area contributed by atoms with Crippen LogP contribution in [0.1, 0.15) is 21.8 Å². The highest BCUT2D eigenvalue weighted by molar-refractivity contribution is 8.00. The number of halogens is 1. The molecule has 0 radical (unpaired) electrons. The number of fused-ring (bicyclic) bond motifs is 2. The zero-order chi connectivity index (χ0) is 20.5. The molecule has 0 aliphatic heterocycles. The third-order valence-corrected chi connectivity index (χ3v) is 7.03. The Balaban J connectivity index is 1.38. The molecule has 0 saturated carbocycles. The van der Waals surface area contributed by atoms with Crippen LogP contribution in [-0.4, -0.2) is 15.3 Å². The molecule has 0 aliphatic rings. The summed E-state index contributed by atoms with van der Waals surface area (Å²) >= 11 is 9.41. The van der Waals surface area contributed by atoms with Crippen LogP contribution in [0.5, 0.6) is 0 Å². The number of hydrogen-bond donors (Lipinski definition) is 1. The van der Waals surface area contributed by atoms with Crippen LogP contribution >= 0.6 is 34.7 Å². The lowest BCUT2D eigenvalue weighted by Crippen LogP contribution is -2.23. The van der Waals surface area contributed by atoms with E-state index in [0.717, 1.165) is 22.3 Å². The van der Waals surface area contributed by atoms with Crippen molar-refractivity contribution in [2.24, 2.45) is 0 Å². The van der Waals surface area contributed by atoms with Crippen molar-refractivity contribution >= 4 is 57.2 Å². The molecule has 1 N–H and O–H groups in total. The van der Waals surface area contributed by atoms with Crippen molar-refractivity contribution in [2.45, 2.75) is 16.5 Å². The van der Waals surface area contributed by atoms with Crippen molar-refractivity contribution in [3.05, 3.63) is 88.3 Å². The summed E-state index contributed by atoms with van der Waals surface area (Å²) in [5.41, 5.74) is 3.15. The topological polar surface area (TPSA) is 59.5 Å². The number of carbonyl (C=O) groups excluding carboxylic acids is 1. The van der Waals surface area contributed by atoms with Crippen molar-refractivity contribution in [1.29, 1.82) is 0 Å². The summed E-state index contributed by atoms with van der Waals surface area (Å²) < 4.78 is 8.97. The second-order valence-electron chi connectivity index (χ2n) is 6.65. The fraction of sp³-hybridized carbons (Fsp3) is 0.0909. The van der Waals surface area contributed by atoms with Crippen LogP contribution in [0.25, 0.3) is 16.6 Å².